The van der Waals surface area contributed by atoms with Crippen molar-refractivity contribution in [3.63, 3.8) is 0 Å². The summed E-state index contributed by atoms with van der Waals surface area (Å²) in [6.45, 7) is 4.61. The molecule has 0 spiro atoms. The Balaban J connectivity index is 1.51. The number of piperidine rings is 1. The van der Waals surface area contributed by atoms with Gasteiger partial charge < -0.3 is 19.7 Å². The van der Waals surface area contributed by atoms with Gasteiger partial charge in [-0.2, -0.15) is 0 Å². The molecule has 3 rings (SSSR count). The van der Waals surface area contributed by atoms with Crippen molar-refractivity contribution in [2.24, 2.45) is 0 Å². The van der Waals surface area contributed by atoms with Gasteiger partial charge in [0, 0.05) is 39.8 Å². The maximum absolute atomic E-state index is 12.8. The van der Waals surface area contributed by atoms with Crippen molar-refractivity contribution in [1.82, 2.24) is 15.1 Å². The maximum atomic E-state index is 12.8. The SMILES string of the molecule is COCCOC1CCN(C(=O)C[C@H]2C(=O)NCCN2Cc2ccccc2)CC1. The van der Waals surface area contributed by atoms with Crippen LogP contribution in [0.2, 0.25) is 0 Å². The monoisotopic (exact) mass is 389 g/mol. The number of ether oxygens (including phenoxy) is 2. The van der Waals surface area contributed by atoms with E-state index >= 15 is 0 Å². The Labute approximate surface area is 167 Å². The Hall–Kier alpha value is -1.96. The lowest BCUT2D eigenvalue weighted by Crippen LogP contribution is -2.56. The van der Waals surface area contributed by atoms with E-state index in [0.29, 0.717) is 39.4 Å². The van der Waals surface area contributed by atoms with Crippen LogP contribution in [0.5, 0.6) is 0 Å². The third-order valence-electron chi connectivity index (χ3n) is 5.47. The van der Waals surface area contributed by atoms with E-state index in [1.807, 2.05) is 23.1 Å². The van der Waals surface area contributed by atoms with Crippen molar-refractivity contribution in [1.29, 1.82) is 0 Å². The van der Waals surface area contributed by atoms with E-state index in [4.69, 9.17) is 9.47 Å². The number of piperazine rings is 1. The van der Waals surface area contributed by atoms with E-state index in [1.165, 1.54) is 0 Å². The van der Waals surface area contributed by atoms with Gasteiger partial charge in [0.05, 0.1) is 31.8 Å². The van der Waals surface area contributed by atoms with E-state index in [-0.39, 0.29) is 24.3 Å². The van der Waals surface area contributed by atoms with Crippen molar-refractivity contribution >= 4 is 11.8 Å². The minimum atomic E-state index is -0.405. The quantitative estimate of drug-likeness (QED) is 0.673. The van der Waals surface area contributed by atoms with E-state index in [9.17, 15) is 9.59 Å². The van der Waals surface area contributed by atoms with Crippen LogP contribution in [0.3, 0.4) is 0 Å². The topological polar surface area (TPSA) is 71.1 Å². The second kappa shape index (κ2) is 10.5. The Morgan fingerprint density at radius 3 is 2.61 bits per heavy atom. The van der Waals surface area contributed by atoms with Crippen LogP contribution in [0, 0.1) is 0 Å². The molecular formula is C21H31N3O4. The van der Waals surface area contributed by atoms with Gasteiger partial charge in [0.2, 0.25) is 11.8 Å². The van der Waals surface area contributed by atoms with Crippen LogP contribution >= 0.6 is 0 Å². The summed E-state index contributed by atoms with van der Waals surface area (Å²) < 4.78 is 10.8. The van der Waals surface area contributed by atoms with E-state index < -0.39 is 6.04 Å². The number of nitrogens with zero attached hydrogens (tertiary/aromatic N) is 2. The molecule has 1 aromatic carbocycles. The molecule has 7 heteroatoms. The predicted molar refractivity (Wildman–Crippen MR) is 106 cm³/mol. The molecule has 0 aromatic heterocycles. The largest absolute Gasteiger partial charge is 0.382 e. The molecule has 1 atom stereocenters. The lowest BCUT2D eigenvalue weighted by molar-refractivity contribution is -0.140. The van der Waals surface area contributed by atoms with Gasteiger partial charge in [0.25, 0.3) is 0 Å². The zero-order valence-corrected chi connectivity index (χ0v) is 16.6. The fraction of sp³-hybridized carbons (Fsp3) is 0.619. The lowest BCUT2D eigenvalue weighted by atomic mass is 10.0. The molecule has 1 N–H and O–H groups in total. The summed E-state index contributed by atoms with van der Waals surface area (Å²) in [4.78, 5) is 29.3. The molecule has 154 valence electrons. The lowest BCUT2D eigenvalue weighted by Gasteiger charge is -2.37. The van der Waals surface area contributed by atoms with Crippen LogP contribution in [0.4, 0.5) is 0 Å². The number of carbonyl (C=O) groups is 2. The minimum absolute atomic E-state index is 0.0479. The highest BCUT2D eigenvalue weighted by molar-refractivity contribution is 5.88. The first-order chi connectivity index (χ1) is 13.7. The predicted octanol–water partition coefficient (Wildman–Crippen LogP) is 1.03. The highest BCUT2D eigenvalue weighted by Crippen LogP contribution is 2.18. The second-order valence-electron chi connectivity index (χ2n) is 7.41. The van der Waals surface area contributed by atoms with Gasteiger partial charge in [-0.05, 0) is 18.4 Å². The molecule has 2 amide bonds. The number of benzene rings is 1. The van der Waals surface area contributed by atoms with Gasteiger partial charge in [0.1, 0.15) is 0 Å². The number of nitrogens with one attached hydrogen (secondary N) is 1. The van der Waals surface area contributed by atoms with Crippen molar-refractivity contribution in [2.75, 3.05) is 46.5 Å². The average molecular weight is 389 g/mol. The third-order valence-corrected chi connectivity index (χ3v) is 5.47. The molecule has 2 saturated heterocycles. The van der Waals surface area contributed by atoms with Crippen LogP contribution in [-0.4, -0.2) is 80.3 Å². The molecule has 7 nitrogen and oxygen atoms in total. The van der Waals surface area contributed by atoms with Gasteiger partial charge in [-0.25, -0.2) is 0 Å². The van der Waals surface area contributed by atoms with Gasteiger partial charge in [-0.3, -0.25) is 14.5 Å². The number of hydrogen-bond donors (Lipinski definition) is 1. The van der Waals surface area contributed by atoms with Crippen LogP contribution in [0.15, 0.2) is 30.3 Å². The number of hydrogen-bond acceptors (Lipinski definition) is 5. The van der Waals surface area contributed by atoms with Crippen molar-refractivity contribution < 1.29 is 19.1 Å². The normalized spacial score (nSPS) is 21.5. The van der Waals surface area contributed by atoms with Crippen LogP contribution in [0.1, 0.15) is 24.8 Å². The zero-order chi connectivity index (χ0) is 19.8. The number of likely N-dealkylation sites (tertiary alicyclic amines) is 1. The van der Waals surface area contributed by atoms with Gasteiger partial charge in [-0.1, -0.05) is 30.3 Å². The Bertz CT molecular complexity index is 632. The van der Waals surface area contributed by atoms with Crippen molar-refractivity contribution in [2.45, 2.75) is 38.0 Å². The zero-order valence-electron chi connectivity index (χ0n) is 16.6. The summed E-state index contributed by atoms with van der Waals surface area (Å²) in [5.41, 5.74) is 1.16. The Morgan fingerprint density at radius 2 is 1.89 bits per heavy atom. The first-order valence-electron chi connectivity index (χ1n) is 10.1. The summed E-state index contributed by atoms with van der Waals surface area (Å²) in [7, 11) is 1.66. The Kier molecular flexibility index (Phi) is 7.82. The van der Waals surface area contributed by atoms with Crippen LogP contribution in [-0.2, 0) is 25.6 Å². The van der Waals surface area contributed by atoms with E-state index in [2.05, 4.69) is 22.3 Å². The minimum Gasteiger partial charge on any atom is -0.382 e. The van der Waals surface area contributed by atoms with Gasteiger partial charge in [-0.15, -0.1) is 0 Å². The fourth-order valence-electron chi connectivity index (χ4n) is 3.86. The second-order valence-corrected chi connectivity index (χ2v) is 7.41. The number of methoxy groups -OCH3 is 1. The highest BCUT2D eigenvalue weighted by atomic mass is 16.5. The van der Waals surface area contributed by atoms with Crippen molar-refractivity contribution in [3.05, 3.63) is 35.9 Å². The third kappa shape index (κ3) is 5.77. The molecule has 2 fully saturated rings. The molecule has 2 heterocycles. The first kappa shape index (κ1) is 20.8. The molecule has 0 unspecified atom stereocenters. The summed E-state index contributed by atoms with van der Waals surface area (Å²) in [5, 5.41) is 2.91. The van der Waals surface area contributed by atoms with Crippen LogP contribution in [0.25, 0.3) is 0 Å². The summed E-state index contributed by atoms with van der Waals surface area (Å²) in [6, 6.07) is 9.68. The molecule has 1 aromatic rings. The van der Waals surface area contributed by atoms with Crippen molar-refractivity contribution in [3.8, 4) is 0 Å². The number of amides is 2. The summed E-state index contributed by atoms with van der Waals surface area (Å²) >= 11 is 0. The molecule has 0 saturated carbocycles. The molecule has 0 aliphatic carbocycles. The smallest absolute Gasteiger partial charge is 0.237 e. The summed E-state index contributed by atoms with van der Waals surface area (Å²) in [5.74, 6) is 0.00349. The maximum Gasteiger partial charge on any atom is 0.237 e. The fourth-order valence-corrected chi connectivity index (χ4v) is 3.86. The molecule has 2 aliphatic rings. The number of carbonyl (C=O) groups excluding carboxylic acids is 2. The molecule has 28 heavy (non-hydrogen) atoms. The molecule has 2 aliphatic heterocycles. The highest BCUT2D eigenvalue weighted by Gasteiger charge is 2.33. The molecule has 0 bridgehead atoms. The molecule has 0 radical (unpaired) electrons. The number of rotatable bonds is 8. The first-order valence-corrected chi connectivity index (χ1v) is 10.1. The van der Waals surface area contributed by atoms with E-state index in [1.54, 1.807) is 7.11 Å². The van der Waals surface area contributed by atoms with Gasteiger partial charge in [0.15, 0.2) is 0 Å². The Morgan fingerprint density at radius 1 is 1.14 bits per heavy atom. The summed E-state index contributed by atoms with van der Waals surface area (Å²) in [6.07, 6.45) is 2.08. The average Bonchev–Trinajstić information content (AvgIpc) is 2.72. The van der Waals surface area contributed by atoms with Crippen LogP contribution < -0.4 is 5.32 Å². The molecular weight excluding hydrogens is 358 g/mol. The standard InChI is InChI=1S/C21H31N3O4/c1-27-13-14-28-18-7-10-23(11-8-18)20(25)15-19-21(26)22-9-12-24(19)16-17-5-3-2-4-6-17/h2-6,18-19H,7-16H2,1H3,(H,22,26)/t19-/m0/s1. The van der Waals surface area contributed by atoms with E-state index in [0.717, 1.165) is 24.9 Å². The van der Waals surface area contributed by atoms with Gasteiger partial charge >= 0.3 is 0 Å².